The van der Waals surface area contributed by atoms with Gasteiger partial charge < -0.3 is 4.90 Å². The summed E-state index contributed by atoms with van der Waals surface area (Å²) >= 11 is 19.6. The zero-order valence-electron chi connectivity index (χ0n) is 16.5. The van der Waals surface area contributed by atoms with Crippen molar-refractivity contribution in [2.45, 2.75) is 24.2 Å². The molecule has 1 aromatic heterocycles. The van der Waals surface area contributed by atoms with Crippen molar-refractivity contribution >= 4 is 73.1 Å². The van der Waals surface area contributed by atoms with E-state index in [0.717, 1.165) is 30.0 Å². The first kappa shape index (κ1) is 23.2. The van der Waals surface area contributed by atoms with E-state index in [4.69, 9.17) is 34.8 Å². The molecule has 0 saturated carbocycles. The summed E-state index contributed by atoms with van der Waals surface area (Å²) < 4.78 is 45.7. The molecule has 2 aromatic carbocycles. The van der Waals surface area contributed by atoms with E-state index in [2.05, 4.69) is 14.1 Å². The highest BCUT2D eigenvalue weighted by atomic mass is 35.5. The smallest absolute Gasteiger partial charge is 0.266 e. The third-order valence-electron chi connectivity index (χ3n) is 4.96. The van der Waals surface area contributed by atoms with Crippen molar-refractivity contribution in [2.24, 2.45) is 0 Å². The lowest BCUT2D eigenvalue weighted by atomic mass is 9.87. The molecule has 0 bridgehead atoms. The molecule has 0 fully saturated rings. The molecule has 1 N–H and O–H groups in total. The van der Waals surface area contributed by atoms with E-state index in [1.54, 1.807) is 12.1 Å². The lowest BCUT2D eigenvalue weighted by molar-refractivity contribution is 0.0985. The molecule has 0 unspecified atom stereocenters. The summed E-state index contributed by atoms with van der Waals surface area (Å²) in [6.07, 6.45) is 1.16. The second-order valence-electron chi connectivity index (χ2n) is 7.65. The fourth-order valence-corrected chi connectivity index (χ4v) is 6.21. The molecule has 0 spiro atoms. The van der Waals surface area contributed by atoms with Crippen LogP contribution in [0.5, 0.6) is 0 Å². The minimum absolute atomic E-state index is 0.0351. The summed E-state index contributed by atoms with van der Waals surface area (Å²) in [4.78, 5) is 17.7. The summed E-state index contributed by atoms with van der Waals surface area (Å²) in [6.45, 7) is 4.05. The molecule has 1 aliphatic rings. The number of aromatic nitrogens is 2. The number of nitrogens with one attached hydrogen (secondary N) is 1. The number of rotatable bonds is 4. The molecule has 32 heavy (non-hydrogen) atoms. The van der Waals surface area contributed by atoms with Crippen LogP contribution in [0.1, 0.15) is 29.8 Å². The predicted octanol–water partition coefficient (Wildman–Crippen LogP) is 5.38. The number of sulfonamides is 1. The van der Waals surface area contributed by atoms with E-state index in [0.29, 0.717) is 21.3 Å². The summed E-state index contributed by atoms with van der Waals surface area (Å²) in [5, 5.41) is 0.438. The highest BCUT2D eigenvalue weighted by Crippen LogP contribution is 2.47. The van der Waals surface area contributed by atoms with Crippen molar-refractivity contribution in [3.63, 3.8) is 0 Å². The van der Waals surface area contributed by atoms with E-state index >= 15 is 0 Å². The van der Waals surface area contributed by atoms with E-state index in [-0.39, 0.29) is 22.3 Å². The number of fused-ring (bicyclic) bond motifs is 1. The Hall–Kier alpha value is -1.98. The van der Waals surface area contributed by atoms with Gasteiger partial charge in [0.15, 0.2) is 0 Å². The number of hydrogen-bond acceptors (Lipinski definition) is 6. The van der Waals surface area contributed by atoms with Crippen LogP contribution in [-0.4, -0.2) is 30.2 Å². The summed E-state index contributed by atoms with van der Waals surface area (Å²) in [5.41, 5.74) is 0.513. The van der Waals surface area contributed by atoms with Crippen LogP contribution in [-0.2, 0) is 15.4 Å². The van der Waals surface area contributed by atoms with Gasteiger partial charge >= 0.3 is 0 Å². The molecule has 4 rings (SSSR count). The van der Waals surface area contributed by atoms with Crippen molar-refractivity contribution in [2.75, 3.05) is 16.2 Å². The topological polar surface area (TPSA) is 92.3 Å². The maximum absolute atomic E-state index is 14.8. The molecule has 0 atom stereocenters. The first-order valence-corrected chi connectivity index (χ1v) is 12.4. The van der Waals surface area contributed by atoms with Gasteiger partial charge in [-0.15, -0.1) is 0 Å². The Labute approximate surface area is 202 Å². The fourth-order valence-electron chi connectivity index (χ4n) is 3.58. The number of anilines is 2. The van der Waals surface area contributed by atoms with Crippen molar-refractivity contribution in [3.05, 3.63) is 62.6 Å². The summed E-state index contributed by atoms with van der Waals surface area (Å²) in [6, 6.07) is 4.93. The number of hydrogen-bond donors (Lipinski definition) is 1. The van der Waals surface area contributed by atoms with Crippen LogP contribution in [0.2, 0.25) is 15.1 Å². The van der Waals surface area contributed by atoms with Gasteiger partial charge in [-0.3, -0.25) is 9.52 Å². The van der Waals surface area contributed by atoms with Gasteiger partial charge in [0, 0.05) is 34.7 Å². The molecule has 0 aliphatic carbocycles. The summed E-state index contributed by atoms with van der Waals surface area (Å²) in [7, 11) is -4.33. The van der Waals surface area contributed by atoms with Gasteiger partial charge in [-0.05, 0) is 24.3 Å². The Balaban J connectivity index is 1.73. The molecule has 1 amide bonds. The quantitative estimate of drug-likeness (QED) is 0.484. The first-order chi connectivity index (χ1) is 14.9. The average Bonchev–Trinajstić information content (AvgIpc) is 3.30. The number of benzene rings is 2. The Morgan fingerprint density at radius 3 is 2.59 bits per heavy atom. The van der Waals surface area contributed by atoms with E-state index in [9.17, 15) is 17.6 Å². The van der Waals surface area contributed by atoms with Crippen LogP contribution in [0.25, 0.3) is 0 Å². The molecule has 3 aromatic rings. The average molecular weight is 536 g/mol. The lowest BCUT2D eigenvalue weighted by Gasteiger charge is -2.21. The van der Waals surface area contributed by atoms with E-state index in [1.807, 2.05) is 13.8 Å². The molecule has 2 heterocycles. The van der Waals surface area contributed by atoms with Crippen LogP contribution >= 0.6 is 46.3 Å². The Bertz CT molecular complexity index is 1350. The zero-order chi connectivity index (χ0) is 23.4. The fraction of sp³-hybridized carbons (Fsp3) is 0.211. The Morgan fingerprint density at radius 1 is 1.22 bits per heavy atom. The minimum atomic E-state index is -4.33. The van der Waals surface area contributed by atoms with Gasteiger partial charge in [-0.2, -0.15) is 4.37 Å². The van der Waals surface area contributed by atoms with Crippen LogP contribution in [0.3, 0.4) is 0 Å². The second kappa shape index (κ2) is 8.11. The minimum Gasteiger partial charge on any atom is -0.307 e. The van der Waals surface area contributed by atoms with Crippen LogP contribution in [0.4, 0.5) is 15.2 Å². The SMILES string of the molecule is CC1(C)CN(C(=O)c2cc(F)c(S(=O)(=O)Nc3ncns3)cc2Cl)c2ccc(Cl)c(Cl)c21. The van der Waals surface area contributed by atoms with E-state index in [1.165, 1.54) is 4.90 Å². The zero-order valence-corrected chi connectivity index (χ0v) is 20.4. The van der Waals surface area contributed by atoms with Gasteiger partial charge in [0.1, 0.15) is 17.0 Å². The van der Waals surface area contributed by atoms with Gasteiger partial charge in [-0.1, -0.05) is 48.7 Å². The van der Waals surface area contributed by atoms with Crippen molar-refractivity contribution in [1.82, 2.24) is 9.36 Å². The van der Waals surface area contributed by atoms with Crippen molar-refractivity contribution in [1.29, 1.82) is 0 Å². The van der Waals surface area contributed by atoms with Crippen LogP contribution in [0.15, 0.2) is 35.5 Å². The number of halogens is 4. The molecule has 1 aliphatic heterocycles. The molecule has 0 radical (unpaired) electrons. The molecular formula is C19H14Cl3FN4O3S2. The predicted molar refractivity (Wildman–Crippen MR) is 123 cm³/mol. The third-order valence-corrected chi connectivity index (χ3v) is 8.14. The highest BCUT2D eigenvalue weighted by molar-refractivity contribution is 7.93. The van der Waals surface area contributed by atoms with E-state index < -0.39 is 32.1 Å². The van der Waals surface area contributed by atoms with Gasteiger partial charge in [0.05, 0.1) is 20.6 Å². The van der Waals surface area contributed by atoms with Gasteiger partial charge in [0.2, 0.25) is 5.13 Å². The maximum Gasteiger partial charge on any atom is 0.266 e. The molecule has 13 heteroatoms. The van der Waals surface area contributed by atoms with Crippen molar-refractivity contribution < 1.29 is 17.6 Å². The molecule has 0 saturated heterocycles. The Kier molecular flexibility index (Phi) is 5.87. The maximum atomic E-state index is 14.8. The lowest BCUT2D eigenvalue weighted by Crippen LogP contribution is -2.34. The molecule has 7 nitrogen and oxygen atoms in total. The third kappa shape index (κ3) is 3.94. The van der Waals surface area contributed by atoms with Crippen molar-refractivity contribution in [3.8, 4) is 0 Å². The first-order valence-electron chi connectivity index (χ1n) is 9.01. The second-order valence-corrected chi connectivity index (χ2v) is 11.3. The van der Waals surface area contributed by atoms with Crippen LogP contribution < -0.4 is 9.62 Å². The molecule has 168 valence electrons. The number of carbonyl (C=O) groups excluding carboxylic acids is 1. The standard InChI is InChI=1S/C19H14Cl3FN4O3S2/c1-19(2)7-27(13-4-3-10(20)16(22)15(13)19)17(28)9-5-12(23)14(6-11(9)21)32(29,30)26-18-24-8-25-31-18/h3-6,8H,7H2,1-2H3,(H,24,25,26). The van der Waals surface area contributed by atoms with Gasteiger partial charge in [-0.25, -0.2) is 17.8 Å². The monoisotopic (exact) mass is 534 g/mol. The summed E-state index contributed by atoms with van der Waals surface area (Å²) in [5.74, 6) is -1.73. The number of amides is 1. The Morgan fingerprint density at radius 2 is 1.94 bits per heavy atom. The number of carbonyl (C=O) groups is 1. The largest absolute Gasteiger partial charge is 0.307 e. The van der Waals surface area contributed by atoms with Crippen LogP contribution in [0, 0.1) is 5.82 Å². The van der Waals surface area contributed by atoms with Gasteiger partial charge in [0.25, 0.3) is 15.9 Å². The normalized spacial score (nSPS) is 15.0. The highest BCUT2D eigenvalue weighted by Gasteiger charge is 2.41. The molecular weight excluding hydrogens is 522 g/mol. The number of nitrogens with zero attached hydrogens (tertiary/aromatic N) is 3.